The van der Waals surface area contributed by atoms with Crippen molar-refractivity contribution in [1.29, 1.82) is 0 Å². The Morgan fingerprint density at radius 1 is 0.545 bits per heavy atom. The maximum atomic E-state index is 10.3. The molecule has 0 bridgehead atoms. The van der Waals surface area contributed by atoms with Crippen LogP contribution in [0.3, 0.4) is 0 Å². The van der Waals surface area contributed by atoms with Crippen LogP contribution < -0.4 is 0 Å². The minimum absolute atomic E-state index is 0.243. The van der Waals surface area contributed by atoms with Crippen molar-refractivity contribution in [2.45, 2.75) is 0 Å². The van der Waals surface area contributed by atoms with Crippen molar-refractivity contribution < 1.29 is 10.2 Å². The molecule has 0 spiro atoms. The first kappa shape index (κ1) is 12.7. The molecule has 0 unspecified atom stereocenters. The van der Waals surface area contributed by atoms with Gasteiger partial charge in [-0.2, -0.15) is 0 Å². The van der Waals surface area contributed by atoms with Gasteiger partial charge in [0.1, 0.15) is 11.5 Å². The molecule has 0 atom stereocenters. The van der Waals surface area contributed by atoms with Crippen LogP contribution in [0.25, 0.3) is 32.7 Å². The quantitative estimate of drug-likeness (QED) is 0.513. The second-order valence-corrected chi connectivity index (χ2v) is 5.46. The second kappa shape index (κ2) is 4.78. The summed E-state index contributed by atoms with van der Waals surface area (Å²) in [5.74, 6) is 0.505. The van der Waals surface area contributed by atoms with Gasteiger partial charge in [0.2, 0.25) is 0 Å². The van der Waals surface area contributed by atoms with Crippen molar-refractivity contribution in [2.24, 2.45) is 0 Å². The molecule has 0 aliphatic carbocycles. The molecule has 0 heterocycles. The Morgan fingerprint density at radius 3 is 2.09 bits per heavy atom. The molecule has 4 aromatic carbocycles. The number of phenolic OH excluding ortho intramolecular Hbond substituents is 2. The maximum Gasteiger partial charge on any atom is 0.124 e. The lowest BCUT2D eigenvalue weighted by molar-refractivity contribution is 0.476. The van der Waals surface area contributed by atoms with Crippen molar-refractivity contribution in [1.82, 2.24) is 0 Å². The second-order valence-electron chi connectivity index (χ2n) is 5.46. The Morgan fingerprint density at radius 2 is 1.27 bits per heavy atom. The smallest absolute Gasteiger partial charge is 0.124 e. The van der Waals surface area contributed by atoms with Crippen LogP contribution in [0.2, 0.25) is 0 Å². The molecular weight excluding hydrogens is 272 g/mol. The highest BCUT2D eigenvalue weighted by molar-refractivity contribution is 5.94. The average Bonchev–Trinajstić information content (AvgIpc) is 2.53. The van der Waals surface area contributed by atoms with Gasteiger partial charge >= 0.3 is 0 Å². The standard InChI is InChI=1S/C20H14O2/c21-18-8-7-13-5-6-16(9-17(13)10-18)19-11-14-3-1-2-4-15(14)12-20(19)22/h1-12,21-22H. The number of aromatic hydroxyl groups is 2. The lowest BCUT2D eigenvalue weighted by atomic mass is 9.97. The highest BCUT2D eigenvalue weighted by Crippen LogP contribution is 2.35. The van der Waals surface area contributed by atoms with Crippen LogP contribution in [0.5, 0.6) is 11.5 Å². The summed E-state index contributed by atoms with van der Waals surface area (Å²) in [4.78, 5) is 0. The van der Waals surface area contributed by atoms with Crippen molar-refractivity contribution in [3.8, 4) is 22.6 Å². The molecule has 106 valence electrons. The van der Waals surface area contributed by atoms with Crippen LogP contribution in [-0.4, -0.2) is 10.2 Å². The maximum absolute atomic E-state index is 10.3. The average molecular weight is 286 g/mol. The molecule has 0 saturated carbocycles. The fraction of sp³-hybridized carbons (Fsp3) is 0. The van der Waals surface area contributed by atoms with Gasteiger partial charge in [-0.3, -0.25) is 0 Å². The molecular formula is C20H14O2. The van der Waals surface area contributed by atoms with E-state index < -0.39 is 0 Å². The largest absolute Gasteiger partial charge is 0.508 e. The highest BCUT2D eigenvalue weighted by Gasteiger charge is 2.07. The van der Waals surface area contributed by atoms with Crippen molar-refractivity contribution in [3.05, 3.63) is 72.8 Å². The van der Waals surface area contributed by atoms with Gasteiger partial charge in [-0.1, -0.05) is 42.5 Å². The molecule has 0 amide bonds. The molecule has 0 fully saturated rings. The predicted molar refractivity (Wildman–Crippen MR) is 90.2 cm³/mol. The van der Waals surface area contributed by atoms with Gasteiger partial charge in [-0.25, -0.2) is 0 Å². The molecule has 0 aliphatic heterocycles. The van der Waals surface area contributed by atoms with E-state index in [0.29, 0.717) is 0 Å². The zero-order valence-electron chi connectivity index (χ0n) is 11.8. The van der Waals surface area contributed by atoms with Crippen LogP contribution in [0, 0.1) is 0 Å². The van der Waals surface area contributed by atoms with E-state index in [9.17, 15) is 10.2 Å². The van der Waals surface area contributed by atoms with Gasteiger partial charge in [0.15, 0.2) is 0 Å². The third kappa shape index (κ3) is 2.06. The lowest BCUT2D eigenvalue weighted by Crippen LogP contribution is -1.82. The fourth-order valence-corrected chi connectivity index (χ4v) is 2.86. The monoisotopic (exact) mass is 286 g/mol. The molecule has 0 aromatic heterocycles. The summed E-state index contributed by atoms with van der Waals surface area (Å²) in [5, 5.41) is 24.1. The Labute approximate surface area is 127 Å². The van der Waals surface area contributed by atoms with Crippen LogP contribution >= 0.6 is 0 Å². The summed E-state index contributed by atoms with van der Waals surface area (Å²) in [6.07, 6.45) is 0. The SMILES string of the molecule is Oc1ccc2ccc(-c3cc4ccccc4cc3O)cc2c1. The fourth-order valence-electron chi connectivity index (χ4n) is 2.86. The zero-order chi connectivity index (χ0) is 15.1. The highest BCUT2D eigenvalue weighted by atomic mass is 16.3. The molecule has 4 aromatic rings. The van der Waals surface area contributed by atoms with E-state index in [4.69, 9.17) is 0 Å². The Balaban J connectivity index is 1.95. The van der Waals surface area contributed by atoms with E-state index >= 15 is 0 Å². The summed E-state index contributed by atoms with van der Waals surface area (Å²) < 4.78 is 0. The molecule has 2 nitrogen and oxygen atoms in total. The first-order valence-electron chi connectivity index (χ1n) is 7.16. The lowest BCUT2D eigenvalue weighted by Gasteiger charge is -2.09. The summed E-state index contributed by atoms with van der Waals surface area (Å²) in [6, 6.07) is 23.0. The van der Waals surface area contributed by atoms with Crippen LogP contribution in [0.15, 0.2) is 72.8 Å². The molecule has 22 heavy (non-hydrogen) atoms. The molecule has 2 N–H and O–H groups in total. The van der Waals surface area contributed by atoms with Gasteiger partial charge in [-0.05, 0) is 57.4 Å². The predicted octanol–water partition coefficient (Wildman–Crippen LogP) is 5.07. The van der Waals surface area contributed by atoms with E-state index in [1.54, 1.807) is 18.2 Å². The van der Waals surface area contributed by atoms with Crippen LogP contribution in [0.1, 0.15) is 0 Å². The van der Waals surface area contributed by atoms with Gasteiger partial charge in [0, 0.05) is 5.56 Å². The van der Waals surface area contributed by atoms with Gasteiger partial charge in [0.05, 0.1) is 0 Å². The van der Waals surface area contributed by atoms with E-state index in [1.165, 1.54) is 0 Å². The van der Waals surface area contributed by atoms with Gasteiger partial charge < -0.3 is 10.2 Å². The molecule has 4 rings (SSSR count). The topological polar surface area (TPSA) is 40.5 Å². The zero-order valence-corrected chi connectivity index (χ0v) is 11.8. The molecule has 0 saturated heterocycles. The first-order chi connectivity index (χ1) is 10.7. The first-order valence-corrected chi connectivity index (χ1v) is 7.16. The van der Waals surface area contributed by atoms with Crippen molar-refractivity contribution >= 4 is 21.5 Å². The van der Waals surface area contributed by atoms with E-state index in [1.807, 2.05) is 54.6 Å². The minimum atomic E-state index is 0.243. The van der Waals surface area contributed by atoms with E-state index in [2.05, 4.69) is 0 Å². The summed E-state index contributed by atoms with van der Waals surface area (Å²) >= 11 is 0. The van der Waals surface area contributed by atoms with Gasteiger partial charge in [0.25, 0.3) is 0 Å². The van der Waals surface area contributed by atoms with E-state index in [0.717, 1.165) is 32.7 Å². The Bertz CT molecular complexity index is 1000. The Hall–Kier alpha value is -3.00. The third-order valence-corrected chi connectivity index (χ3v) is 4.00. The van der Waals surface area contributed by atoms with Gasteiger partial charge in [-0.15, -0.1) is 0 Å². The summed E-state index contributed by atoms with van der Waals surface area (Å²) in [5.41, 5.74) is 1.73. The number of rotatable bonds is 1. The van der Waals surface area contributed by atoms with Crippen molar-refractivity contribution in [3.63, 3.8) is 0 Å². The normalized spacial score (nSPS) is 11.1. The van der Waals surface area contributed by atoms with Crippen LogP contribution in [-0.2, 0) is 0 Å². The number of fused-ring (bicyclic) bond motifs is 2. The number of hydrogen-bond acceptors (Lipinski definition) is 2. The number of hydrogen-bond donors (Lipinski definition) is 2. The number of phenols is 2. The number of benzene rings is 4. The Kier molecular flexibility index (Phi) is 2.76. The summed E-state index contributed by atoms with van der Waals surface area (Å²) in [6.45, 7) is 0. The minimum Gasteiger partial charge on any atom is -0.508 e. The van der Waals surface area contributed by atoms with Crippen molar-refractivity contribution in [2.75, 3.05) is 0 Å². The van der Waals surface area contributed by atoms with E-state index in [-0.39, 0.29) is 11.5 Å². The third-order valence-electron chi connectivity index (χ3n) is 4.00. The van der Waals surface area contributed by atoms with Crippen LogP contribution in [0.4, 0.5) is 0 Å². The summed E-state index contributed by atoms with van der Waals surface area (Å²) in [7, 11) is 0. The molecule has 0 radical (unpaired) electrons. The molecule has 0 aliphatic rings. The molecule has 2 heteroatoms.